The second-order valence-corrected chi connectivity index (χ2v) is 8.74. The van der Waals surface area contributed by atoms with Gasteiger partial charge in [0.25, 0.3) is 0 Å². The summed E-state index contributed by atoms with van der Waals surface area (Å²) in [5, 5.41) is 16.8. The van der Waals surface area contributed by atoms with Gasteiger partial charge in [0.15, 0.2) is 0 Å². The average molecular weight is 441 g/mol. The van der Waals surface area contributed by atoms with Crippen molar-refractivity contribution >= 4 is 29.5 Å². The van der Waals surface area contributed by atoms with Gasteiger partial charge < -0.3 is 30.4 Å². The smallest absolute Gasteiger partial charge is 0.231 e. The van der Waals surface area contributed by atoms with Crippen molar-refractivity contribution in [2.24, 2.45) is 0 Å². The number of anilines is 5. The zero-order valence-electron chi connectivity index (χ0n) is 18.6. The molecule has 3 aliphatic rings. The molecule has 2 atom stereocenters. The minimum absolute atomic E-state index is 0.0758. The zero-order chi connectivity index (χ0) is 21.9. The van der Waals surface area contributed by atoms with Crippen molar-refractivity contribution in [3.8, 4) is 0 Å². The van der Waals surface area contributed by atoms with Crippen molar-refractivity contribution in [1.82, 2.24) is 24.9 Å². The van der Waals surface area contributed by atoms with E-state index in [1.807, 2.05) is 13.1 Å². The van der Waals surface area contributed by atoms with E-state index in [-0.39, 0.29) is 6.04 Å². The molecule has 0 amide bonds. The van der Waals surface area contributed by atoms with Crippen LogP contribution in [0.2, 0.25) is 0 Å². The lowest BCUT2D eigenvalue weighted by Gasteiger charge is -2.26. The van der Waals surface area contributed by atoms with Crippen LogP contribution in [0.4, 0.5) is 29.5 Å². The Morgan fingerprint density at radius 2 is 1.62 bits per heavy atom. The van der Waals surface area contributed by atoms with Crippen LogP contribution in [0.25, 0.3) is 0 Å². The highest BCUT2D eigenvalue weighted by Gasteiger charge is 2.32. The number of hydrogen-bond donors (Lipinski definition) is 3. The van der Waals surface area contributed by atoms with Gasteiger partial charge in [-0.3, -0.25) is 0 Å². The zero-order valence-corrected chi connectivity index (χ0v) is 18.6. The van der Waals surface area contributed by atoms with E-state index in [0.29, 0.717) is 25.5 Å². The van der Waals surface area contributed by atoms with Gasteiger partial charge in [0.05, 0.1) is 12.1 Å². The second-order valence-electron chi connectivity index (χ2n) is 8.74. The van der Waals surface area contributed by atoms with Crippen LogP contribution in [0.15, 0.2) is 12.4 Å². The number of nitrogens with zero attached hydrogens (tertiary/aromatic N) is 8. The van der Waals surface area contributed by atoms with Crippen molar-refractivity contribution in [2.45, 2.75) is 44.2 Å². The van der Waals surface area contributed by atoms with E-state index in [9.17, 15) is 5.11 Å². The van der Waals surface area contributed by atoms with E-state index < -0.39 is 6.10 Å². The van der Waals surface area contributed by atoms with Gasteiger partial charge in [-0.25, -0.2) is 9.97 Å². The van der Waals surface area contributed by atoms with Crippen LogP contribution >= 0.6 is 0 Å². The lowest BCUT2D eigenvalue weighted by molar-refractivity contribution is 0.194. The molecule has 5 rings (SSSR count). The van der Waals surface area contributed by atoms with Gasteiger partial charge in [-0.05, 0) is 32.1 Å². The van der Waals surface area contributed by atoms with Gasteiger partial charge >= 0.3 is 0 Å². The maximum absolute atomic E-state index is 10.3. The standard InChI is InChI=1S/C21H32N10O/c1-22-17-11-18(25-14-24-17)31-13-16(32)10-15(31)12-23-19-26-20(29-6-2-3-7-29)28-21(27-19)30-8-4-5-9-30/h11,14-16,32H,2-10,12-13H2,1H3,(H,22,24,25)(H,23,26,27,28)/t15-,16-/m1/s1. The first-order chi connectivity index (χ1) is 15.7. The Bertz CT molecular complexity index is 881. The number of nitrogens with one attached hydrogen (secondary N) is 2. The molecular formula is C21H32N10O. The first-order valence-electron chi connectivity index (χ1n) is 11.6. The molecule has 0 aromatic carbocycles. The summed E-state index contributed by atoms with van der Waals surface area (Å²) in [6, 6.07) is 1.98. The summed E-state index contributed by atoms with van der Waals surface area (Å²) in [5.74, 6) is 3.69. The Balaban J connectivity index is 1.34. The molecule has 11 heteroatoms. The fourth-order valence-electron chi connectivity index (χ4n) is 4.77. The molecule has 0 saturated carbocycles. The van der Waals surface area contributed by atoms with Crippen LogP contribution < -0.4 is 25.3 Å². The third kappa shape index (κ3) is 4.47. The molecule has 0 aliphatic carbocycles. The summed E-state index contributed by atoms with van der Waals surface area (Å²) in [7, 11) is 1.83. The van der Waals surface area contributed by atoms with Crippen molar-refractivity contribution in [2.75, 3.05) is 71.6 Å². The van der Waals surface area contributed by atoms with Gasteiger partial charge in [-0.15, -0.1) is 0 Å². The summed E-state index contributed by atoms with van der Waals surface area (Å²) in [5.41, 5.74) is 0. The normalized spacial score (nSPS) is 23.2. The molecule has 0 bridgehead atoms. The SMILES string of the molecule is CNc1cc(N2C[C@H](O)C[C@@H]2CNc2nc(N3CCCC3)nc(N3CCCC3)n2)ncn1. The van der Waals surface area contributed by atoms with Crippen LogP contribution in [0, 0.1) is 0 Å². The van der Waals surface area contributed by atoms with Crippen LogP contribution in [0.1, 0.15) is 32.1 Å². The fraction of sp³-hybridized carbons (Fsp3) is 0.667. The minimum Gasteiger partial charge on any atom is -0.391 e. The molecular weight excluding hydrogens is 408 g/mol. The second kappa shape index (κ2) is 9.27. The Hall–Kier alpha value is -2.95. The molecule has 0 unspecified atom stereocenters. The van der Waals surface area contributed by atoms with E-state index in [1.54, 1.807) is 6.33 Å². The van der Waals surface area contributed by atoms with Gasteiger partial charge in [0, 0.05) is 52.4 Å². The number of hydrogen-bond acceptors (Lipinski definition) is 11. The molecule has 0 radical (unpaired) electrons. The maximum Gasteiger partial charge on any atom is 0.231 e. The molecule has 2 aromatic rings. The number of aliphatic hydroxyl groups excluding tert-OH is 1. The third-order valence-corrected chi connectivity index (χ3v) is 6.48. The summed E-state index contributed by atoms with van der Waals surface area (Å²) in [6.07, 6.45) is 6.52. The Morgan fingerprint density at radius 1 is 0.969 bits per heavy atom. The van der Waals surface area contributed by atoms with Gasteiger partial charge in [0.1, 0.15) is 18.0 Å². The van der Waals surface area contributed by atoms with E-state index >= 15 is 0 Å². The molecule has 2 aromatic heterocycles. The van der Waals surface area contributed by atoms with Crippen molar-refractivity contribution in [3.63, 3.8) is 0 Å². The minimum atomic E-state index is -0.395. The Labute approximate surface area is 188 Å². The van der Waals surface area contributed by atoms with E-state index in [2.05, 4.69) is 35.3 Å². The van der Waals surface area contributed by atoms with Crippen LogP contribution in [0.5, 0.6) is 0 Å². The molecule has 3 N–H and O–H groups in total. The van der Waals surface area contributed by atoms with E-state index in [4.69, 9.17) is 15.0 Å². The van der Waals surface area contributed by atoms with Gasteiger partial charge in [-0.1, -0.05) is 0 Å². The molecule has 5 heterocycles. The summed E-state index contributed by atoms with van der Waals surface area (Å²) >= 11 is 0. The van der Waals surface area contributed by atoms with E-state index in [1.165, 1.54) is 25.7 Å². The van der Waals surface area contributed by atoms with Crippen LogP contribution in [-0.2, 0) is 0 Å². The average Bonchev–Trinajstić information content (AvgIpc) is 3.60. The molecule has 172 valence electrons. The highest BCUT2D eigenvalue weighted by Crippen LogP contribution is 2.27. The lowest BCUT2D eigenvalue weighted by atomic mass is 10.2. The summed E-state index contributed by atoms with van der Waals surface area (Å²) in [6.45, 7) is 5.13. The molecule has 3 saturated heterocycles. The predicted octanol–water partition coefficient (Wildman–Crippen LogP) is 0.955. The molecule has 32 heavy (non-hydrogen) atoms. The maximum atomic E-state index is 10.3. The number of aliphatic hydroxyl groups is 1. The van der Waals surface area contributed by atoms with Gasteiger partial charge in [-0.2, -0.15) is 15.0 Å². The Morgan fingerprint density at radius 3 is 2.25 bits per heavy atom. The number of aromatic nitrogens is 5. The number of β-amino-alcohol motifs (C(OH)–C–C–N with tert-alkyl or cyclic N) is 1. The van der Waals surface area contributed by atoms with Gasteiger partial charge in [0.2, 0.25) is 17.8 Å². The lowest BCUT2D eigenvalue weighted by Crippen LogP contribution is -2.36. The first kappa shape index (κ1) is 20.9. The monoisotopic (exact) mass is 440 g/mol. The highest BCUT2D eigenvalue weighted by molar-refractivity contribution is 5.51. The Kier molecular flexibility index (Phi) is 6.06. The van der Waals surface area contributed by atoms with Crippen molar-refractivity contribution < 1.29 is 5.11 Å². The predicted molar refractivity (Wildman–Crippen MR) is 125 cm³/mol. The third-order valence-electron chi connectivity index (χ3n) is 6.48. The molecule has 0 spiro atoms. The highest BCUT2D eigenvalue weighted by atomic mass is 16.3. The quantitative estimate of drug-likeness (QED) is 0.571. The largest absolute Gasteiger partial charge is 0.391 e. The van der Waals surface area contributed by atoms with Crippen molar-refractivity contribution in [3.05, 3.63) is 12.4 Å². The number of rotatable bonds is 7. The molecule has 3 aliphatic heterocycles. The summed E-state index contributed by atoms with van der Waals surface area (Å²) < 4.78 is 0. The summed E-state index contributed by atoms with van der Waals surface area (Å²) in [4.78, 5) is 29.5. The van der Waals surface area contributed by atoms with Crippen LogP contribution in [-0.4, -0.2) is 88.5 Å². The van der Waals surface area contributed by atoms with E-state index in [0.717, 1.165) is 49.7 Å². The first-order valence-corrected chi connectivity index (χ1v) is 11.6. The van der Waals surface area contributed by atoms with Crippen molar-refractivity contribution in [1.29, 1.82) is 0 Å². The van der Waals surface area contributed by atoms with Crippen LogP contribution in [0.3, 0.4) is 0 Å². The topological polar surface area (TPSA) is 118 Å². The molecule has 11 nitrogen and oxygen atoms in total. The molecule has 3 fully saturated rings. The fourth-order valence-corrected chi connectivity index (χ4v) is 4.77.